The van der Waals surface area contributed by atoms with Crippen LogP contribution in [0.1, 0.15) is 84.2 Å². The highest BCUT2D eigenvalue weighted by Crippen LogP contribution is 2.44. The molecule has 0 bridgehead atoms. The van der Waals surface area contributed by atoms with E-state index >= 15 is 0 Å². The second kappa shape index (κ2) is 9.68. The second-order valence-electron chi connectivity index (χ2n) is 10.6. The number of nitrogens with zero attached hydrogens (tertiary/aromatic N) is 2. The molecular formula is C26H44N4O2. The Hall–Kier alpha value is -1.66. The summed E-state index contributed by atoms with van der Waals surface area (Å²) in [7, 11) is 3.52. The topological polar surface area (TPSA) is 70.2 Å². The average Bonchev–Trinajstić information content (AvgIpc) is 3.34. The summed E-state index contributed by atoms with van der Waals surface area (Å²) in [5.41, 5.74) is 4.19. The fourth-order valence-electron chi connectivity index (χ4n) is 5.82. The summed E-state index contributed by atoms with van der Waals surface area (Å²) in [5, 5.41) is 12.1. The Kier molecular flexibility index (Phi) is 7.55. The van der Waals surface area contributed by atoms with Crippen molar-refractivity contribution in [3.05, 3.63) is 29.1 Å². The molecule has 2 N–H and O–H groups in total. The summed E-state index contributed by atoms with van der Waals surface area (Å²) in [6.07, 6.45) is 10.2. The summed E-state index contributed by atoms with van der Waals surface area (Å²) >= 11 is 0. The third kappa shape index (κ3) is 4.67. The lowest BCUT2D eigenvalue weighted by Gasteiger charge is -2.35. The molecule has 1 aromatic rings. The van der Waals surface area contributed by atoms with Crippen molar-refractivity contribution in [2.45, 2.75) is 104 Å². The number of fused-ring (bicyclic) bond motifs is 2. The highest BCUT2D eigenvalue weighted by molar-refractivity contribution is 5.81. The summed E-state index contributed by atoms with van der Waals surface area (Å²) in [4.78, 5) is 14.6. The van der Waals surface area contributed by atoms with Crippen molar-refractivity contribution in [3.63, 3.8) is 0 Å². The fourth-order valence-corrected chi connectivity index (χ4v) is 5.82. The zero-order valence-electron chi connectivity index (χ0n) is 21.4. The van der Waals surface area contributed by atoms with E-state index in [2.05, 4.69) is 43.3 Å². The van der Waals surface area contributed by atoms with Gasteiger partial charge in [-0.15, -0.1) is 0 Å². The van der Waals surface area contributed by atoms with Gasteiger partial charge in [0.15, 0.2) is 0 Å². The van der Waals surface area contributed by atoms with E-state index in [0.717, 1.165) is 25.7 Å². The molecule has 1 fully saturated rings. The van der Waals surface area contributed by atoms with Crippen LogP contribution in [0.2, 0.25) is 0 Å². The third-order valence-electron chi connectivity index (χ3n) is 7.70. The molecule has 0 saturated carbocycles. The van der Waals surface area contributed by atoms with E-state index in [9.17, 15) is 4.79 Å². The quantitative estimate of drug-likeness (QED) is 0.662. The van der Waals surface area contributed by atoms with Gasteiger partial charge in [-0.2, -0.15) is 5.10 Å². The second-order valence-corrected chi connectivity index (χ2v) is 10.6. The van der Waals surface area contributed by atoms with Gasteiger partial charge in [-0.1, -0.05) is 46.8 Å². The van der Waals surface area contributed by atoms with Crippen LogP contribution < -0.4 is 5.32 Å². The first kappa shape index (κ1) is 25.0. The van der Waals surface area contributed by atoms with Gasteiger partial charge in [-0.05, 0) is 62.3 Å². The van der Waals surface area contributed by atoms with E-state index in [-0.39, 0.29) is 23.6 Å². The molecule has 2 aliphatic carbocycles. The number of amides is 1. The van der Waals surface area contributed by atoms with Crippen LogP contribution in [0.4, 0.5) is 0 Å². The van der Waals surface area contributed by atoms with Crippen molar-refractivity contribution in [2.24, 2.45) is 11.3 Å². The number of carbonyl (C=O) groups is 1. The number of likely N-dealkylation sites (N-methyl/N-ethyl adjacent to an activating group) is 1. The smallest absolute Gasteiger partial charge is 0.251 e. The van der Waals surface area contributed by atoms with Crippen LogP contribution in [0.25, 0.3) is 0 Å². The largest absolute Gasteiger partial charge is 0.372 e. The Labute approximate surface area is 194 Å². The number of ether oxygens (including phenoxy) is 1. The van der Waals surface area contributed by atoms with E-state index in [1.165, 1.54) is 23.4 Å². The van der Waals surface area contributed by atoms with Gasteiger partial charge >= 0.3 is 0 Å². The molecule has 2 heterocycles. The Bertz CT molecular complexity index is 826. The first-order valence-electron chi connectivity index (χ1n) is 12.5. The highest BCUT2D eigenvalue weighted by Gasteiger charge is 2.47. The zero-order valence-corrected chi connectivity index (χ0v) is 21.4. The molecule has 6 heteroatoms. The lowest BCUT2D eigenvalue weighted by atomic mass is 9.74. The van der Waals surface area contributed by atoms with Gasteiger partial charge in [0.05, 0.1) is 17.3 Å². The SMILES string of the molecule is CC.CC[C@H](OC)C(=O)N(C)C1C=CC2C[C@](C)(c3n[nH]c4c3CCC(C)(C)C4)NC2C1. The number of nitrogens with one attached hydrogen (secondary N) is 2. The van der Waals surface area contributed by atoms with Crippen molar-refractivity contribution in [2.75, 3.05) is 14.2 Å². The van der Waals surface area contributed by atoms with Gasteiger partial charge in [-0.25, -0.2) is 0 Å². The predicted molar refractivity (Wildman–Crippen MR) is 130 cm³/mol. The maximum absolute atomic E-state index is 12.8. The normalized spacial score (nSPS) is 31.2. The minimum atomic E-state index is -0.359. The number of methoxy groups -OCH3 is 1. The molecule has 3 aliphatic rings. The van der Waals surface area contributed by atoms with E-state index in [4.69, 9.17) is 9.84 Å². The van der Waals surface area contributed by atoms with Crippen molar-refractivity contribution in [1.82, 2.24) is 20.4 Å². The van der Waals surface area contributed by atoms with E-state index < -0.39 is 0 Å². The van der Waals surface area contributed by atoms with Gasteiger partial charge in [0, 0.05) is 25.9 Å². The number of hydrogen-bond donors (Lipinski definition) is 2. The number of aromatic nitrogens is 2. The molecule has 0 radical (unpaired) electrons. The molecule has 4 rings (SSSR count). The average molecular weight is 445 g/mol. The Morgan fingerprint density at radius 1 is 1.31 bits per heavy atom. The van der Waals surface area contributed by atoms with Crippen LogP contribution in [0, 0.1) is 11.3 Å². The number of hydrogen-bond acceptors (Lipinski definition) is 4. The Morgan fingerprint density at radius 2 is 2.03 bits per heavy atom. The first-order chi connectivity index (χ1) is 15.2. The monoisotopic (exact) mass is 444 g/mol. The van der Waals surface area contributed by atoms with Gasteiger partial charge in [0.2, 0.25) is 0 Å². The van der Waals surface area contributed by atoms with Crippen molar-refractivity contribution in [1.29, 1.82) is 0 Å². The number of aromatic amines is 1. The molecule has 1 amide bonds. The van der Waals surface area contributed by atoms with E-state index in [0.29, 0.717) is 23.8 Å². The van der Waals surface area contributed by atoms with Crippen molar-refractivity contribution in [3.8, 4) is 0 Å². The van der Waals surface area contributed by atoms with Gasteiger partial charge in [0.25, 0.3) is 5.91 Å². The Morgan fingerprint density at radius 3 is 2.69 bits per heavy atom. The van der Waals surface area contributed by atoms with Crippen LogP contribution in [-0.4, -0.2) is 53.3 Å². The maximum atomic E-state index is 12.8. The lowest BCUT2D eigenvalue weighted by Crippen LogP contribution is -2.48. The van der Waals surface area contributed by atoms with Crippen LogP contribution in [0.3, 0.4) is 0 Å². The minimum Gasteiger partial charge on any atom is -0.372 e. The first-order valence-corrected chi connectivity index (χ1v) is 12.5. The standard InChI is InChI=1S/C24H38N4O2.C2H6/c1-7-20(30-6)22(29)28(5)16-9-8-15-13-24(4,25-18(15)12-16)21-17-10-11-23(2,3)14-19(17)26-27-21;1-2/h8-9,15-16,18,20,25H,7,10-14H2,1-6H3,(H,26,27);1-2H3/t15?,16?,18?,20-,24+;/m0./s1. The number of rotatable bonds is 5. The molecular weight excluding hydrogens is 400 g/mol. The molecule has 1 aromatic heterocycles. The Balaban J connectivity index is 0.00000141. The lowest BCUT2D eigenvalue weighted by molar-refractivity contribution is -0.142. The molecule has 0 spiro atoms. The summed E-state index contributed by atoms with van der Waals surface area (Å²) in [6.45, 7) is 13.0. The number of H-pyrrole nitrogens is 1. The minimum absolute atomic E-state index is 0.0674. The van der Waals surface area contributed by atoms with Crippen LogP contribution in [-0.2, 0) is 27.9 Å². The fraction of sp³-hybridized carbons (Fsp3) is 0.769. The van der Waals surface area contributed by atoms with Crippen LogP contribution >= 0.6 is 0 Å². The van der Waals surface area contributed by atoms with Gasteiger partial charge in [-0.3, -0.25) is 9.89 Å². The van der Waals surface area contributed by atoms with Crippen LogP contribution in [0.5, 0.6) is 0 Å². The molecule has 1 saturated heterocycles. The maximum Gasteiger partial charge on any atom is 0.251 e. The molecule has 5 atom stereocenters. The van der Waals surface area contributed by atoms with Crippen LogP contribution in [0.15, 0.2) is 12.2 Å². The van der Waals surface area contributed by atoms with Gasteiger partial charge in [0.1, 0.15) is 6.10 Å². The molecule has 6 nitrogen and oxygen atoms in total. The summed E-state index contributed by atoms with van der Waals surface area (Å²) < 4.78 is 5.37. The zero-order chi connectivity index (χ0) is 23.7. The molecule has 180 valence electrons. The van der Waals surface area contributed by atoms with E-state index in [1.54, 1.807) is 7.11 Å². The molecule has 0 aromatic carbocycles. The van der Waals surface area contributed by atoms with Gasteiger partial charge < -0.3 is 15.0 Å². The predicted octanol–water partition coefficient (Wildman–Crippen LogP) is 4.36. The number of carbonyl (C=O) groups excluding carboxylic acids is 1. The van der Waals surface area contributed by atoms with Crippen molar-refractivity contribution >= 4 is 5.91 Å². The van der Waals surface area contributed by atoms with E-state index in [1.807, 2.05) is 32.7 Å². The molecule has 1 aliphatic heterocycles. The molecule has 3 unspecified atom stereocenters. The third-order valence-corrected chi connectivity index (χ3v) is 7.70. The summed E-state index contributed by atoms with van der Waals surface area (Å²) in [5.74, 6) is 0.546. The molecule has 32 heavy (non-hydrogen) atoms. The highest BCUT2D eigenvalue weighted by atomic mass is 16.5. The van der Waals surface area contributed by atoms with Crippen molar-refractivity contribution < 1.29 is 9.53 Å². The summed E-state index contributed by atoms with van der Waals surface area (Å²) in [6, 6.07) is 0.460.